The first-order valence-corrected chi connectivity index (χ1v) is 19.6. The van der Waals surface area contributed by atoms with Crippen molar-refractivity contribution >= 4 is 45.3 Å². The van der Waals surface area contributed by atoms with Crippen molar-refractivity contribution in [3.05, 3.63) is 53.1 Å². The summed E-state index contributed by atoms with van der Waals surface area (Å²) in [5.41, 5.74) is 6.02. The highest BCUT2D eigenvalue weighted by Gasteiger charge is 2.35. The molecule has 5 aromatic rings. The Morgan fingerprint density at radius 3 is 1.75 bits per heavy atom. The van der Waals surface area contributed by atoms with Crippen LogP contribution in [0.2, 0.25) is 5.02 Å². The third kappa shape index (κ3) is 8.55. The van der Waals surface area contributed by atoms with Gasteiger partial charge in [-0.3, -0.25) is 10.3 Å². The first kappa shape index (κ1) is 40.0. The molecule has 1 N–H and O–H groups in total. The Labute approximate surface area is 338 Å². The average molecular weight is 803 g/mol. The minimum absolute atomic E-state index is 0.163. The van der Waals surface area contributed by atoms with Crippen LogP contribution >= 0.6 is 11.6 Å². The summed E-state index contributed by atoms with van der Waals surface area (Å²) in [7, 11) is 9.67. The normalized spacial score (nSPS) is 15.7. The molecule has 16 heteroatoms. The van der Waals surface area contributed by atoms with E-state index in [0.717, 1.165) is 80.4 Å². The van der Waals surface area contributed by atoms with E-state index in [1.807, 2.05) is 37.3 Å². The number of anilines is 2. The van der Waals surface area contributed by atoms with E-state index in [0.29, 0.717) is 63.8 Å². The van der Waals surface area contributed by atoms with Gasteiger partial charge >= 0.3 is 0 Å². The average Bonchev–Trinajstić information content (AvgIpc) is 3.24. The van der Waals surface area contributed by atoms with Gasteiger partial charge in [-0.15, -0.1) is 0 Å². The molecule has 2 saturated heterocycles. The summed E-state index contributed by atoms with van der Waals surface area (Å²) in [6.45, 7) is 6.67. The molecular weight excluding hydrogens is 752 g/mol. The number of likely N-dealkylation sites (tertiary alicyclic amines) is 1. The van der Waals surface area contributed by atoms with Crippen LogP contribution in [0.4, 0.5) is 11.9 Å². The molecule has 304 valence electrons. The van der Waals surface area contributed by atoms with Crippen LogP contribution < -0.4 is 43.5 Å². The minimum atomic E-state index is 0.163. The molecule has 0 atom stereocenters. The van der Waals surface area contributed by atoms with E-state index in [2.05, 4.69) is 37.4 Å². The maximum atomic E-state index is 6.39. The van der Waals surface area contributed by atoms with Gasteiger partial charge in [-0.2, -0.15) is 9.97 Å². The van der Waals surface area contributed by atoms with Gasteiger partial charge in [0.1, 0.15) is 5.75 Å². The molecule has 0 bridgehead atoms. The summed E-state index contributed by atoms with van der Waals surface area (Å²) in [5.74, 6) is 5.07. The number of rotatable bonds is 15. The number of piperidine rings is 2. The van der Waals surface area contributed by atoms with Gasteiger partial charge in [0.2, 0.25) is 23.7 Å². The van der Waals surface area contributed by atoms with Crippen molar-refractivity contribution in [1.29, 1.82) is 0 Å². The number of hydrazine groups is 1. The Morgan fingerprint density at radius 1 is 0.649 bits per heavy atom. The fraction of sp³-hybridized carbons (Fsp3) is 0.463. The van der Waals surface area contributed by atoms with Gasteiger partial charge in [0.05, 0.1) is 76.1 Å². The van der Waals surface area contributed by atoms with Gasteiger partial charge in [-0.05, 0) is 62.4 Å². The Morgan fingerprint density at radius 2 is 1.19 bits per heavy atom. The summed E-state index contributed by atoms with van der Waals surface area (Å²) in [6, 6.07) is 13.8. The summed E-state index contributed by atoms with van der Waals surface area (Å²) < 4.78 is 39.6. The lowest BCUT2D eigenvalue weighted by Gasteiger charge is -2.45. The number of hydrogen-bond donors (Lipinski definition) is 1. The van der Waals surface area contributed by atoms with Crippen LogP contribution in [0.1, 0.15) is 38.2 Å². The standard InChI is InChI=1S/C41H51ClN8O7/c1-8-57-33-19-25(9-10-30(33)42)24-48-15-11-26(12-16-48)50(41-44-32-23-37(54-5)35(52-3)21-29(32)39(46-41)56-7)27-13-17-49(18-14-27)47-40-43-31-22-36(53-4)34(51-2)20-28(31)38(45-40)55-6/h9-10,19-23,26-27H,8,11-18,24H2,1-7H3,(H,43,45,47). The van der Waals surface area contributed by atoms with Crippen molar-refractivity contribution in [1.82, 2.24) is 29.8 Å². The molecule has 0 spiro atoms. The topological polar surface area (TPSA) is 138 Å². The van der Waals surface area contributed by atoms with Gasteiger partial charge < -0.3 is 38.1 Å². The molecule has 57 heavy (non-hydrogen) atoms. The van der Waals surface area contributed by atoms with Crippen LogP contribution in [-0.2, 0) is 6.54 Å². The number of halogens is 1. The highest BCUT2D eigenvalue weighted by Crippen LogP contribution is 2.39. The lowest BCUT2D eigenvalue weighted by atomic mass is 9.96. The monoisotopic (exact) mass is 802 g/mol. The first-order chi connectivity index (χ1) is 27.8. The van der Waals surface area contributed by atoms with E-state index in [-0.39, 0.29) is 12.1 Å². The number of ether oxygens (including phenoxy) is 7. The van der Waals surface area contributed by atoms with E-state index in [1.54, 1.807) is 42.7 Å². The quantitative estimate of drug-likeness (QED) is 0.121. The van der Waals surface area contributed by atoms with Gasteiger partial charge in [-0.1, -0.05) is 17.7 Å². The highest BCUT2D eigenvalue weighted by molar-refractivity contribution is 6.32. The Bertz CT molecular complexity index is 2180. The highest BCUT2D eigenvalue weighted by atomic mass is 35.5. The van der Waals surface area contributed by atoms with Crippen LogP contribution in [0.15, 0.2) is 42.5 Å². The van der Waals surface area contributed by atoms with Crippen LogP contribution in [-0.4, -0.2) is 117 Å². The zero-order valence-electron chi connectivity index (χ0n) is 33.6. The van der Waals surface area contributed by atoms with Gasteiger partial charge in [0, 0.05) is 56.9 Å². The third-order valence-electron chi connectivity index (χ3n) is 10.7. The zero-order chi connectivity index (χ0) is 40.1. The van der Waals surface area contributed by atoms with Crippen molar-refractivity contribution in [3.8, 4) is 40.5 Å². The molecule has 15 nitrogen and oxygen atoms in total. The van der Waals surface area contributed by atoms with Crippen molar-refractivity contribution in [2.45, 2.75) is 51.2 Å². The van der Waals surface area contributed by atoms with Crippen molar-refractivity contribution in [2.75, 3.05) is 85.8 Å². The second-order valence-electron chi connectivity index (χ2n) is 14.0. The molecule has 4 heterocycles. The number of benzene rings is 3. The zero-order valence-corrected chi connectivity index (χ0v) is 34.4. The minimum Gasteiger partial charge on any atom is -0.493 e. The Kier molecular flexibility index (Phi) is 12.6. The van der Waals surface area contributed by atoms with E-state index >= 15 is 0 Å². The SMILES string of the molecule is CCOc1cc(CN2CCC(N(c3nc(OC)c4cc(OC)c(OC)cc4n3)C3CCN(Nc4nc(OC)c5cc(OC)c(OC)cc5n4)CC3)CC2)ccc1Cl. The summed E-state index contributed by atoms with van der Waals surface area (Å²) in [4.78, 5) is 24.7. The summed E-state index contributed by atoms with van der Waals surface area (Å²) in [5, 5.41) is 4.26. The summed E-state index contributed by atoms with van der Waals surface area (Å²) in [6.07, 6.45) is 3.59. The van der Waals surface area contributed by atoms with Crippen LogP contribution in [0.5, 0.6) is 40.5 Å². The first-order valence-electron chi connectivity index (χ1n) is 19.2. The van der Waals surface area contributed by atoms with E-state index in [1.165, 1.54) is 5.56 Å². The van der Waals surface area contributed by atoms with Crippen LogP contribution in [0.3, 0.4) is 0 Å². The maximum absolute atomic E-state index is 6.39. The fourth-order valence-electron chi connectivity index (χ4n) is 7.87. The van der Waals surface area contributed by atoms with E-state index in [4.69, 9.17) is 59.7 Å². The molecule has 7 rings (SSSR count). The molecule has 3 aromatic carbocycles. The molecule has 0 radical (unpaired) electrons. The van der Waals surface area contributed by atoms with Crippen molar-refractivity contribution < 1.29 is 33.2 Å². The lowest BCUT2D eigenvalue weighted by molar-refractivity contribution is 0.183. The van der Waals surface area contributed by atoms with Crippen LogP contribution in [0, 0.1) is 0 Å². The second-order valence-corrected chi connectivity index (χ2v) is 14.4. The fourth-order valence-corrected chi connectivity index (χ4v) is 8.04. The molecule has 2 aliphatic rings. The molecule has 0 unspecified atom stereocenters. The Balaban J connectivity index is 1.13. The number of nitrogens with zero attached hydrogens (tertiary/aromatic N) is 7. The molecule has 0 saturated carbocycles. The number of aromatic nitrogens is 4. The van der Waals surface area contributed by atoms with E-state index < -0.39 is 0 Å². The number of hydrogen-bond acceptors (Lipinski definition) is 15. The largest absolute Gasteiger partial charge is 0.493 e. The van der Waals surface area contributed by atoms with Crippen molar-refractivity contribution in [3.63, 3.8) is 0 Å². The third-order valence-corrected chi connectivity index (χ3v) is 11.0. The smallest absolute Gasteiger partial charge is 0.241 e. The van der Waals surface area contributed by atoms with E-state index in [9.17, 15) is 0 Å². The maximum Gasteiger partial charge on any atom is 0.241 e. The molecule has 2 aliphatic heterocycles. The van der Waals surface area contributed by atoms with Crippen LogP contribution in [0.25, 0.3) is 21.8 Å². The van der Waals surface area contributed by atoms with Crippen molar-refractivity contribution in [2.24, 2.45) is 0 Å². The van der Waals surface area contributed by atoms with Gasteiger partial charge in [0.25, 0.3) is 0 Å². The number of nitrogens with one attached hydrogen (secondary N) is 1. The lowest BCUT2D eigenvalue weighted by Crippen LogP contribution is -2.53. The number of methoxy groups -OCH3 is 6. The van der Waals surface area contributed by atoms with Gasteiger partial charge in [-0.25, -0.2) is 15.0 Å². The summed E-state index contributed by atoms with van der Waals surface area (Å²) >= 11 is 6.39. The molecule has 2 aromatic heterocycles. The predicted octanol–water partition coefficient (Wildman–Crippen LogP) is 6.64. The van der Waals surface area contributed by atoms with Gasteiger partial charge in [0.15, 0.2) is 23.0 Å². The Hall–Kier alpha value is -5.25. The molecule has 0 aliphatic carbocycles. The molecule has 2 fully saturated rings. The molecule has 0 amide bonds. The predicted molar refractivity (Wildman–Crippen MR) is 220 cm³/mol. The molecular formula is C41H51ClN8O7. The number of fused-ring (bicyclic) bond motifs is 2. The second kappa shape index (κ2) is 17.9.